The SMILES string of the molecule is Cc1c(NOC(C)c2cccc(C=O)c2)cnn1-c1ccccc1. The van der Waals surface area contributed by atoms with Crippen molar-refractivity contribution >= 4 is 12.0 Å². The molecule has 1 aromatic heterocycles. The van der Waals surface area contributed by atoms with E-state index in [1.165, 1.54) is 0 Å². The van der Waals surface area contributed by atoms with Gasteiger partial charge in [-0.25, -0.2) is 4.68 Å². The Balaban J connectivity index is 1.71. The molecular weight excluding hydrogens is 302 g/mol. The average Bonchev–Trinajstić information content (AvgIpc) is 3.01. The zero-order valence-electron chi connectivity index (χ0n) is 13.6. The van der Waals surface area contributed by atoms with Crippen LogP contribution in [-0.2, 0) is 4.84 Å². The van der Waals surface area contributed by atoms with Crippen LogP contribution >= 0.6 is 0 Å². The van der Waals surface area contributed by atoms with Gasteiger partial charge in [0.2, 0.25) is 0 Å². The lowest BCUT2D eigenvalue weighted by molar-refractivity contribution is 0.111. The fourth-order valence-corrected chi connectivity index (χ4v) is 2.44. The van der Waals surface area contributed by atoms with Gasteiger partial charge in [0, 0.05) is 5.56 Å². The van der Waals surface area contributed by atoms with Gasteiger partial charge >= 0.3 is 0 Å². The Kier molecular flexibility index (Phi) is 4.72. The molecule has 1 heterocycles. The predicted molar refractivity (Wildman–Crippen MR) is 93.3 cm³/mol. The van der Waals surface area contributed by atoms with Crippen LogP contribution in [0.2, 0.25) is 0 Å². The molecule has 0 radical (unpaired) electrons. The average molecular weight is 321 g/mol. The fourth-order valence-electron chi connectivity index (χ4n) is 2.44. The lowest BCUT2D eigenvalue weighted by atomic mass is 10.1. The summed E-state index contributed by atoms with van der Waals surface area (Å²) in [5.74, 6) is 0. The molecule has 1 atom stereocenters. The minimum atomic E-state index is -0.204. The molecule has 0 fully saturated rings. The summed E-state index contributed by atoms with van der Waals surface area (Å²) in [4.78, 5) is 16.6. The highest BCUT2D eigenvalue weighted by molar-refractivity contribution is 5.74. The second-order valence-electron chi connectivity index (χ2n) is 5.54. The molecule has 5 heteroatoms. The van der Waals surface area contributed by atoms with Gasteiger partial charge in [-0.2, -0.15) is 5.10 Å². The molecule has 1 unspecified atom stereocenters. The van der Waals surface area contributed by atoms with Crippen molar-refractivity contribution in [3.63, 3.8) is 0 Å². The molecular formula is C19H19N3O2. The Bertz CT molecular complexity index is 828. The number of aromatic nitrogens is 2. The first-order valence-corrected chi connectivity index (χ1v) is 7.76. The second kappa shape index (κ2) is 7.10. The highest BCUT2D eigenvalue weighted by Gasteiger charge is 2.11. The summed E-state index contributed by atoms with van der Waals surface area (Å²) in [6.45, 7) is 3.90. The number of carbonyl (C=O) groups is 1. The van der Waals surface area contributed by atoms with Gasteiger partial charge in [0.05, 0.1) is 17.6 Å². The van der Waals surface area contributed by atoms with Gasteiger partial charge in [0.25, 0.3) is 0 Å². The Morgan fingerprint density at radius 2 is 1.96 bits per heavy atom. The summed E-state index contributed by atoms with van der Waals surface area (Å²) in [5.41, 5.74) is 7.29. The van der Waals surface area contributed by atoms with Gasteiger partial charge in [-0.1, -0.05) is 36.4 Å². The van der Waals surface area contributed by atoms with Gasteiger partial charge in [0.15, 0.2) is 0 Å². The van der Waals surface area contributed by atoms with Crippen molar-refractivity contribution in [3.8, 4) is 5.69 Å². The van der Waals surface area contributed by atoms with E-state index in [9.17, 15) is 4.79 Å². The Morgan fingerprint density at radius 3 is 2.71 bits per heavy atom. The molecule has 1 N–H and O–H groups in total. The molecule has 0 amide bonds. The maximum absolute atomic E-state index is 10.9. The van der Waals surface area contributed by atoms with E-state index in [1.54, 1.807) is 12.3 Å². The topological polar surface area (TPSA) is 56.1 Å². The Hall–Kier alpha value is -2.92. The van der Waals surface area contributed by atoms with Crippen LogP contribution in [0.5, 0.6) is 0 Å². The van der Waals surface area contributed by atoms with E-state index in [4.69, 9.17) is 4.84 Å². The smallest absolute Gasteiger partial charge is 0.150 e. The number of hydrogen-bond donors (Lipinski definition) is 1. The third-order valence-corrected chi connectivity index (χ3v) is 3.87. The van der Waals surface area contributed by atoms with E-state index < -0.39 is 0 Å². The number of nitrogens with one attached hydrogen (secondary N) is 1. The first-order valence-electron chi connectivity index (χ1n) is 7.76. The maximum Gasteiger partial charge on any atom is 0.150 e. The van der Waals surface area contributed by atoms with Crippen LogP contribution in [-0.4, -0.2) is 16.1 Å². The molecule has 122 valence electrons. The quantitative estimate of drug-likeness (QED) is 0.548. The van der Waals surface area contributed by atoms with Gasteiger partial charge in [-0.15, -0.1) is 0 Å². The van der Waals surface area contributed by atoms with Crippen molar-refractivity contribution in [1.82, 2.24) is 9.78 Å². The summed E-state index contributed by atoms with van der Waals surface area (Å²) in [6, 6.07) is 17.3. The van der Waals surface area contributed by atoms with Crippen molar-refractivity contribution < 1.29 is 9.63 Å². The predicted octanol–water partition coefficient (Wildman–Crippen LogP) is 4.10. The number of rotatable bonds is 6. The molecule has 0 bridgehead atoms. The van der Waals surface area contributed by atoms with E-state index in [0.29, 0.717) is 5.56 Å². The van der Waals surface area contributed by atoms with Crippen LogP contribution in [0.1, 0.15) is 34.6 Å². The zero-order valence-corrected chi connectivity index (χ0v) is 13.6. The third kappa shape index (κ3) is 3.36. The van der Waals surface area contributed by atoms with Gasteiger partial charge in [-0.05, 0) is 37.6 Å². The fraction of sp³-hybridized carbons (Fsp3) is 0.158. The van der Waals surface area contributed by atoms with Crippen LogP contribution in [0.15, 0.2) is 60.8 Å². The molecule has 0 saturated carbocycles. The summed E-state index contributed by atoms with van der Waals surface area (Å²) < 4.78 is 1.85. The number of carbonyl (C=O) groups excluding carboxylic acids is 1. The molecule has 0 aliphatic carbocycles. The molecule has 0 aliphatic rings. The number of aldehydes is 1. The van der Waals surface area contributed by atoms with Crippen molar-refractivity contribution in [2.45, 2.75) is 20.0 Å². The van der Waals surface area contributed by atoms with Crippen LogP contribution in [0.4, 0.5) is 5.69 Å². The Labute approximate surface area is 140 Å². The van der Waals surface area contributed by atoms with E-state index >= 15 is 0 Å². The normalized spacial score (nSPS) is 11.9. The van der Waals surface area contributed by atoms with Crippen molar-refractivity contribution in [3.05, 3.63) is 77.6 Å². The summed E-state index contributed by atoms with van der Waals surface area (Å²) in [6.07, 6.45) is 2.36. The van der Waals surface area contributed by atoms with Gasteiger partial charge in [-0.3, -0.25) is 15.1 Å². The van der Waals surface area contributed by atoms with Crippen LogP contribution < -0.4 is 5.48 Å². The van der Waals surface area contributed by atoms with Gasteiger partial charge < -0.3 is 0 Å². The zero-order chi connectivity index (χ0) is 16.9. The number of para-hydroxylation sites is 1. The van der Waals surface area contributed by atoms with Crippen molar-refractivity contribution in [1.29, 1.82) is 0 Å². The minimum Gasteiger partial charge on any atom is -0.298 e. The molecule has 2 aromatic carbocycles. The molecule has 3 aromatic rings. The second-order valence-corrected chi connectivity index (χ2v) is 5.54. The van der Waals surface area contributed by atoms with Crippen LogP contribution in [0.3, 0.4) is 0 Å². The minimum absolute atomic E-state index is 0.204. The van der Waals surface area contributed by atoms with Crippen LogP contribution in [0.25, 0.3) is 5.69 Å². The summed E-state index contributed by atoms with van der Waals surface area (Å²) in [5, 5.41) is 4.39. The number of hydrogen-bond acceptors (Lipinski definition) is 4. The third-order valence-electron chi connectivity index (χ3n) is 3.87. The van der Waals surface area contributed by atoms with E-state index in [1.807, 2.05) is 67.1 Å². The van der Waals surface area contributed by atoms with Gasteiger partial charge in [0.1, 0.15) is 18.1 Å². The van der Waals surface area contributed by atoms with Crippen molar-refractivity contribution in [2.24, 2.45) is 0 Å². The van der Waals surface area contributed by atoms with Crippen molar-refractivity contribution in [2.75, 3.05) is 5.48 Å². The molecule has 0 aliphatic heterocycles. The lowest BCUT2D eigenvalue weighted by Crippen LogP contribution is -2.08. The molecule has 5 nitrogen and oxygen atoms in total. The first kappa shape index (κ1) is 16.0. The monoisotopic (exact) mass is 321 g/mol. The molecule has 3 rings (SSSR count). The molecule has 0 saturated heterocycles. The maximum atomic E-state index is 10.9. The highest BCUT2D eigenvalue weighted by Crippen LogP contribution is 2.22. The number of benzene rings is 2. The largest absolute Gasteiger partial charge is 0.298 e. The van der Waals surface area contributed by atoms with Crippen LogP contribution in [0, 0.1) is 6.92 Å². The lowest BCUT2D eigenvalue weighted by Gasteiger charge is -2.14. The Morgan fingerprint density at radius 1 is 1.17 bits per heavy atom. The standard InChI is InChI=1S/C19H19N3O2/c1-14-19(12-20-22(14)18-9-4-3-5-10-18)21-24-15(2)17-8-6-7-16(11-17)13-23/h3-13,15,21H,1-2H3. The number of anilines is 1. The number of nitrogens with zero attached hydrogens (tertiary/aromatic N) is 2. The first-order chi connectivity index (χ1) is 11.7. The highest BCUT2D eigenvalue weighted by atomic mass is 16.7. The van der Waals surface area contributed by atoms with E-state index in [0.717, 1.165) is 28.9 Å². The van der Waals surface area contributed by atoms with E-state index in [-0.39, 0.29) is 6.10 Å². The summed E-state index contributed by atoms with van der Waals surface area (Å²) >= 11 is 0. The summed E-state index contributed by atoms with van der Waals surface area (Å²) in [7, 11) is 0. The van der Waals surface area contributed by atoms with E-state index in [2.05, 4.69) is 10.6 Å². The molecule has 24 heavy (non-hydrogen) atoms. The molecule has 0 spiro atoms.